The van der Waals surface area contributed by atoms with E-state index in [9.17, 15) is 0 Å². The van der Waals surface area contributed by atoms with Crippen LogP contribution in [0.3, 0.4) is 0 Å². The van der Waals surface area contributed by atoms with Crippen LogP contribution in [0, 0.1) is 0 Å². The molecule has 0 aromatic heterocycles. The topological polar surface area (TPSA) is 0 Å². The Balaban J connectivity index is 1.74. The molecular formula is C30H30. The van der Waals surface area contributed by atoms with Crippen molar-refractivity contribution < 1.29 is 0 Å². The fraction of sp³-hybridized carbons (Fsp3) is 0.200. The highest BCUT2D eigenvalue weighted by Crippen LogP contribution is 2.36. The first-order valence-electron chi connectivity index (χ1n) is 11.1. The third kappa shape index (κ3) is 4.39. The summed E-state index contributed by atoms with van der Waals surface area (Å²) in [6, 6.07) is 39.8. The highest BCUT2D eigenvalue weighted by atomic mass is 14.2. The van der Waals surface area contributed by atoms with E-state index in [1.807, 2.05) is 0 Å². The maximum Gasteiger partial charge on any atom is 0.00894 e. The van der Waals surface area contributed by atoms with Crippen LogP contribution < -0.4 is 0 Å². The molecule has 0 spiro atoms. The Morgan fingerprint density at radius 3 is 1.90 bits per heavy atom. The molecule has 0 saturated carbocycles. The maximum absolute atomic E-state index is 2.41. The number of rotatable bonds is 7. The third-order valence-electron chi connectivity index (χ3n) is 6.11. The van der Waals surface area contributed by atoms with Crippen LogP contribution in [0.25, 0.3) is 11.1 Å². The van der Waals surface area contributed by atoms with Crippen LogP contribution in [0.4, 0.5) is 0 Å². The molecule has 150 valence electrons. The van der Waals surface area contributed by atoms with Gasteiger partial charge in [0, 0.05) is 11.8 Å². The smallest absolute Gasteiger partial charge is 0.00894 e. The van der Waals surface area contributed by atoms with E-state index < -0.39 is 0 Å². The molecule has 0 fully saturated rings. The number of hydrogen-bond acceptors (Lipinski definition) is 0. The van der Waals surface area contributed by atoms with Crippen LogP contribution in [0.15, 0.2) is 109 Å². The van der Waals surface area contributed by atoms with E-state index in [0.29, 0.717) is 11.8 Å². The molecule has 0 bridgehead atoms. The predicted octanol–water partition coefficient (Wildman–Crippen LogP) is 8.44. The Bertz CT molecular complexity index is 1060. The minimum atomic E-state index is 0.353. The molecule has 4 rings (SSSR count). The van der Waals surface area contributed by atoms with Crippen molar-refractivity contribution >= 4 is 0 Å². The molecule has 0 amide bonds. The van der Waals surface area contributed by atoms with Gasteiger partial charge >= 0.3 is 0 Å². The summed E-state index contributed by atoms with van der Waals surface area (Å²) < 4.78 is 0. The Hall–Kier alpha value is -3.12. The van der Waals surface area contributed by atoms with Crippen LogP contribution in [0.5, 0.6) is 0 Å². The standard InChI is InChI=1S/C30H30/c1-3-13-29(25-16-8-5-9-17-25)26-18-12-19-27(22-26)30-21-11-10-20-28(30)23(2)24-14-6-4-7-15-24/h4-12,14-23,29H,3,13H2,1-2H3. The molecule has 0 radical (unpaired) electrons. The van der Waals surface area contributed by atoms with E-state index in [2.05, 4.69) is 123 Å². The fourth-order valence-corrected chi connectivity index (χ4v) is 4.48. The van der Waals surface area contributed by atoms with Crippen molar-refractivity contribution in [2.45, 2.75) is 38.5 Å². The lowest BCUT2D eigenvalue weighted by Gasteiger charge is -2.20. The minimum absolute atomic E-state index is 0.353. The van der Waals surface area contributed by atoms with E-state index in [1.54, 1.807) is 0 Å². The zero-order valence-electron chi connectivity index (χ0n) is 18.0. The van der Waals surface area contributed by atoms with Crippen molar-refractivity contribution in [3.8, 4) is 11.1 Å². The van der Waals surface area contributed by atoms with Crippen molar-refractivity contribution in [2.24, 2.45) is 0 Å². The molecule has 4 aromatic rings. The summed E-state index contributed by atoms with van der Waals surface area (Å²) in [4.78, 5) is 0. The lowest BCUT2D eigenvalue weighted by Crippen LogP contribution is -2.02. The quantitative estimate of drug-likeness (QED) is 0.297. The van der Waals surface area contributed by atoms with Crippen LogP contribution >= 0.6 is 0 Å². The molecule has 30 heavy (non-hydrogen) atoms. The average Bonchev–Trinajstić information content (AvgIpc) is 2.83. The van der Waals surface area contributed by atoms with Gasteiger partial charge in [-0.15, -0.1) is 0 Å². The van der Waals surface area contributed by atoms with E-state index in [4.69, 9.17) is 0 Å². The van der Waals surface area contributed by atoms with Gasteiger partial charge in [-0.3, -0.25) is 0 Å². The van der Waals surface area contributed by atoms with Crippen LogP contribution in [-0.2, 0) is 0 Å². The molecule has 4 aromatic carbocycles. The number of hydrogen-bond donors (Lipinski definition) is 0. The van der Waals surface area contributed by atoms with E-state index in [1.165, 1.54) is 39.8 Å². The molecule has 0 aliphatic carbocycles. The molecular weight excluding hydrogens is 360 g/mol. The van der Waals surface area contributed by atoms with Crippen molar-refractivity contribution in [2.75, 3.05) is 0 Å². The first-order valence-corrected chi connectivity index (χ1v) is 11.1. The number of benzene rings is 4. The summed E-state index contributed by atoms with van der Waals surface area (Å²) in [6.07, 6.45) is 2.33. The molecule has 0 heteroatoms. The van der Waals surface area contributed by atoms with E-state index in [-0.39, 0.29) is 0 Å². The molecule has 0 N–H and O–H groups in total. The van der Waals surface area contributed by atoms with E-state index >= 15 is 0 Å². The van der Waals surface area contributed by atoms with Gasteiger partial charge in [0.1, 0.15) is 0 Å². The second-order valence-electron chi connectivity index (χ2n) is 8.10. The molecule has 0 nitrogen and oxygen atoms in total. The van der Waals surface area contributed by atoms with Gasteiger partial charge in [0.15, 0.2) is 0 Å². The van der Waals surface area contributed by atoms with Gasteiger partial charge in [0.05, 0.1) is 0 Å². The Morgan fingerprint density at radius 1 is 0.600 bits per heavy atom. The normalized spacial score (nSPS) is 13.0. The van der Waals surface area contributed by atoms with Gasteiger partial charge in [-0.2, -0.15) is 0 Å². The summed E-state index contributed by atoms with van der Waals surface area (Å²) in [5.74, 6) is 0.793. The van der Waals surface area contributed by atoms with Gasteiger partial charge in [-0.05, 0) is 39.8 Å². The zero-order chi connectivity index (χ0) is 20.8. The first kappa shape index (κ1) is 20.2. The highest BCUT2D eigenvalue weighted by molar-refractivity contribution is 5.70. The van der Waals surface area contributed by atoms with Crippen LogP contribution in [0.2, 0.25) is 0 Å². The summed E-state index contributed by atoms with van der Waals surface area (Å²) in [7, 11) is 0. The van der Waals surface area contributed by atoms with Gasteiger partial charge in [0.2, 0.25) is 0 Å². The zero-order valence-corrected chi connectivity index (χ0v) is 18.0. The maximum atomic E-state index is 2.41. The molecule has 0 saturated heterocycles. The monoisotopic (exact) mass is 390 g/mol. The summed E-state index contributed by atoms with van der Waals surface area (Å²) in [6.45, 7) is 4.58. The SMILES string of the molecule is CCCC(c1ccccc1)c1cccc(-c2ccccc2C(C)c2ccccc2)c1. The molecule has 0 aliphatic heterocycles. The lowest BCUT2D eigenvalue weighted by atomic mass is 9.84. The lowest BCUT2D eigenvalue weighted by molar-refractivity contribution is 0.698. The summed E-state index contributed by atoms with van der Waals surface area (Å²) in [5.41, 5.74) is 8.19. The van der Waals surface area contributed by atoms with Gasteiger partial charge < -0.3 is 0 Å². The van der Waals surface area contributed by atoms with Gasteiger partial charge in [-0.25, -0.2) is 0 Å². The van der Waals surface area contributed by atoms with Crippen molar-refractivity contribution in [1.82, 2.24) is 0 Å². The van der Waals surface area contributed by atoms with Crippen molar-refractivity contribution in [3.05, 3.63) is 131 Å². The largest absolute Gasteiger partial charge is 0.0653 e. The highest BCUT2D eigenvalue weighted by Gasteiger charge is 2.16. The fourth-order valence-electron chi connectivity index (χ4n) is 4.48. The Morgan fingerprint density at radius 2 is 1.20 bits per heavy atom. The van der Waals surface area contributed by atoms with Crippen molar-refractivity contribution in [3.63, 3.8) is 0 Å². The summed E-state index contributed by atoms with van der Waals surface area (Å²) >= 11 is 0. The minimum Gasteiger partial charge on any atom is -0.0653 e. The molecule has 0 aliphatic rings. The molecule has 2 unspecified atom stereocenters. The van der Waals surface area contributed by atoms with Crippen molar-refractivity contribution in [1.29, 1.82) is 0 Å². The molecule has 2 atom stereocenters. The van der Waals surface area contributed by atoms with Crippen LogP contribution in [-0.4, -0.2) is 0 Å². The summed E-state index contributed by atoms with van der Waals surface area (Å²) in [5, 5.41) is 0. The average molecular weight is 391 g/mol. The van der Waals surface area contributed by atoms with Gasteiger partial charge in [-0.1, -0.05) is 129 Å². The Labute approximate surface area is 181 Å². The second-order valence-corrected chi connectivity index (χ2v) is 8.10. The first-order chi connectivity index (χ1) is 14.8. The Kier molecular flexibility index (Phi) is 6.44. The third-order valence-corrected chi connectivity index (χ3v) is 6.11. The molecule has 0 heterocycles. The second kappa shape index (κ2) is 9.59. The van der Waals surface area contributed by atoms with Gasteiger partial charge in [0.25, 0.3) is 0 Å². The van der Waals surface area contributed by atoms with E-state index in [0.717, 1.165) is 6.42 Å². The van der Waals surface area contributed by atoms with Crippen LogP contribution in [0.1, 0.15) is 60.8 Å². The predicted molar refractivity (Wildman–Crippen MR) is 129 cm³/mol.